The molecule has 4 heteroatoms. The highest BCUT2D eigenvalue weighted by atomic mass is 16.3. The van der Waals surface area contributed by atoms with E-state index in [0.717, 1.165) is 74.5 Å². The number of benzene rings is 8. The Balaban J connectivity index is 1.10. The summed E-state index contributed by atoms with van der Waals surface area (Å²) < 4.78 is 13.4. The van der Waals surface area contributed by atoms with Gasteiger partial charge in [0.1, 0.15) is 16.7 Å². The number of hydrogen-bond donors (Lipinski definition) is 1. The summed E-state index contributed by atoms with van der Waals surface area (Å²) in [6.45, 7) is 2.25. The van der Waals surface area contributed by atoms with E-state index >= 15 is 0 Å². The second-order valence-corrected chi connectivity index (χ2v) is 14.9. The monoisotopic (exact) mass is 677 g/mol. The van der Waals surface area contributed by atoms with Crippen LogP contribution in [0, 0.1) is 6.92 Å². The van der Waals surface area contributed by atoms with Gasteiger partial charge in [0.15, 0.2) is 12.9 Å². The average molecular weight is 678 g/mol. The lowest BCUT2D eigenvalue weighted by molar-refractivity contribution is 0.669. The van der Waals surface area contributed by atoms with Gasteiger partial charge in [-0.3, -0.25) is 0 Å². The number of aryl methyl sites for hydroxylation is 1. The molecular formula is C49H32BNO2. The van der Waals surface area contributed by atoms with Crippen LogP contribution in [0.2, 0.25) is 0 Å². The Kier molecular flexibility index (Phi) is 5.91. The molecule has 8 aromatic carbocycles. The molecule has 0 saturated heterocycles. The van der Waals surface area contributed by atoms with Gasteiger partial charge in [-0.2, -0.15) is 0 Å². The molecule has 1 N–H and O–H groups in total. The minimum atomic E-state index is 0.271. The molecule has 0 amide bonds. The van der Waals surface area contributed by atoms with Crippen LogP contribution in [0.5, 0.6) is 0 Å². The van der Waals surface area contributed by atoms with Gasteiger partial charge >= 0.3 is 0 Å². The first kappa shape index (κ1) is 29.1. The number of para-hydroxylation sites is 3. The van der Waals surface area contributed by atoms with E-state index in [-0.39, 0.29) is 5.92 Å². The first-order valence-electron chi connectivity index (χ1n) is 18.6. The van der Waals surface area contributed by atoms with Crippen molar-refractivity contribution in [3.05, 3.63) is 168 Å². The van der Waals surface area contributed by atoms with E-state index in [1.165, 1.54) is 60.6 Å². The van der Waals surface area contributed by atoms with E-state index in [0.29, 0.717) is 0 Å². The molecule has 3 nitrogen and oxygen atoms in total. The summed E-state index contributed by atoms with van der Waals surface area (Å²) in [5, 5.41) is 11.0. The number of rotatable bonds is 3. The predicted molar refractivity (Wildman–Crippen MR) is 222 cm³/mol. The van der Waals surface area contributed by atoms with Gasteiger partial charge in [0.25, 0.3) is 0 Å². The topological polar surface area (TPSA) is 38.3 Å². The lowest BCUT2D eigenvalue weighted by Gasteiger charge is -2.37. The van der Waals surface area contributed by atoms with Crippen LogP contribution in [0.3, 0.4) is 0 Å². The maximum Gasteiger partial charge on any atom is 0.193 e. The van der Waals surface area contributed by atoms with E-state index in [2.05, 4.69) is 146 Å². The van der Waals surface area contributed by atoms with Gasteiger partial charge in [-0.1, -0.05) is 132 Å². The van der Waals surface area contributed by atoms with Gasteiger partial charge < -0.3 is 14.2 Å². The summed E-state index contributed by atoms with van der Waals surface area (Å²) in [4.78, 5) is 0. The summed E-state index contributed by atoms with van der Waals surface area (Å²) >= 11 is 0. The normalized spacial score (nSPS) is 14.4. The van der Waals surface area contributed by atoms with Crippen molar-refractivity contribution in [2.75, 3.05) is 5.32 Å². The largest absolute Gasteiger partial charge is 0.455 e. The zero-order chi connectivity index (χ0) is 34.8. The standard InChI is InChI=1S/C49H32BNO2/c1-27-24-37-36-26-29-21-20-28-10-2-3-11-30(28)44(29)35-15-8-16-39(45(35)36)50-47(37)38(25-27)46-40(23-22-34-32-13-5-7-19-43(32)53-49(34)46)51-41-17-9-14-33-31-12-4-6-18-42(31)52-48(33)41/h2-25,36,50-51H,26H2,1H3. The van der Waals surface area contributed by atoms with Crippen LogP contribution < -0.4 is 16.2 Å². The first-order valence-corrected chi connectivity index (χ1v) is 18.6. The zero-order valence-corrected chi connectivity index (χ0v) is 29.2. The highest BCUT2D eigenvalue weighted by Gasteiger charge is 2.36. The molecule has 10 aromatic rings. The lowest BCUT2D eigenvalue weighted by atomic mass is 9.50. The molecule has 12 rings (SSSR count). The quantitative estimate of drug-likeness (QED) is 0.189. The van der Waals surface area contributed by atoms with Crippen LogP contribution in [0.15, 0.2) is 154 Å². The lowest BCUT2D eigenvalue weighted by Crippen LogP contribution is -2.42. The van der Waals surface area contributed by atoms with Gasteiger partial charge in [0.2, 0.25) is 0 Å². The van der Waals surface area contributed by atoms with Crippen LogP contribution in [0.25, 0.3) is 76.9 Å². The van der Waals surface area contributed by atoms with Crippen LogP contribution in [-0.2, 0) is 6.42 Å². The van der Waals surface area contributed by atoms with Crippen molar-refractivity contribution < 1.29 is 8.83 Å². The molecule has 2 aromatic heterocycles. The Morgan fingerprint density at radius 3 is 2.13 bits per heavy atom. The summed E-state index contributed by atoms with van der Waals surface area (Å²) in [6.07, 6.45) is 0.980. The van der Waals surface area contributed by atoms with E-state index in [1.54, 1.807) is 0 Å². The van der Waals surface area contributed by atoms with Crippen LogP contribution in [0.4, 0.5) is 11.4 Å². The Morgan fingerprint density at radius 1 is 0.566 bits per heavy atom. The minimum absolute atomic E-state index is 0.271. The molecule has 1 aliphatic carbocycles. The molecule has 0 bridgehead atoms. The first-order chi connectivity index (χ1) is 26.2. The summed E-state index contributed by atoms with van der Waals surface area (Å²) in [5.74, 6) is 0.271. The van der Waals surface area contributed by atoms with E-state index < -0.39 is 0 Å². The highest BCUT2D eigenvalue weighted by Crippen LogP contribution is 2.48. The van der Waals surface area contributed by atoms with Crippen LogP contribution in [0.1, 0.15) is 28.2 Å². The molecule has 2 aliphatic rings. The molecule has 0 radical (unpaired) electrons. The summed E-state index contributed by atoms with van der Waals surface area (Å²) in [5.41, 5.74) is 19.0. The maximum atomic E-state index is 6.86. The third-order valence-corrected chi connectivity index (χ3v) is 11.9. The molecular weight excluding hydrogens is 645 g/mol. The second-order valence-electron chi connectivity index (χ2n) is 14.9. The van der Waals surface area contributed by atoms with Crippen molar-refractivity contribution in [3.63, 3.8) is 0 Å². The molecule has 53 heavy (non-hydrogen) atoms. The maximum absolute atomic E-state index is 6.86. The van der Waals surface area contributed by atoms with E-state index in [1.807, 2.05) is 12.1 Å². The molecule has 0 spiro atoms. The molecule has 0 saturated carbocycles. The number of furan rings is 2. The van der Waals surface area contributed by atoms with Crippen LogP contribution >= 0.6 is 0 Å². The average Bonchev–Trinajstić information content (AvgIpc) is 3.77. The molecule has 0 fully saturated rings. The Morgan fingerprint density at radius 2 is 1.28 bits per heavy atom. The smallest absolute Gasteiger partial charge is 0.193 e. The van der Waals surface area contributed by atoms with Gasteiger partial charge in [-0.25, -0.2) is 0 Å². The number of fused-ring (bicyclic) bond motifs is 12. The zero-order valence-electron chi connectivity index (χ0n) is 29.2. The van der Waals surface area contributed by atoms with Gasteiger partial charge in [-0.15, -0.1) is 0 Å². The van der Waals surface area contributed by atoms with Crippen molar-refractivity contribution in [2.45, 2.75) is 19.3 Å². The van der Waals surface area contributed by atoms with Crippen molar-refractivity contribution >= 4 is 84.2 Å². The minimum Gasteiger partial charge on any atom is -0.455 e. The SMILES string of the molecule is Cc1cc(-c2c(Nc3cccc4c3oc3ccccc34)ccc3c2oc2ccccc23)c2c(c1)C1Cc3ccc4ccccc4c3-c3cccc(c31)B2. The van der Waals surface area contributed by atoms with Crippen molar-refractivity contribution in [3.8, 4) is 22.3 Å². The van der Waals surface area contributed by atoms with Gasteiger partial charge in [0, 0.05) is 33.0 Å². The molecule has 1 atom stereocenters. The van der Waals surface area contributed by atoms with Crippen molar-refractivity contribution in [1.29, 1.82) is 0 Å². The van der Waals surface area contributed by atoms with Crippen molar-refractivity contribution in [2.24, 2.45) is 0 Å². The molecule has 1 aliphatic heterocycles. The highest BCUT2D eigenvalue weighted by molar-refractivity contribution is 6.71. The second kappa shape index (κ2) is 10.8. The van der Waals surface area contributed by atoms with Gasteiger partial charge in [-0.05, 0) is 87.8 Å². The number of anilines is 2. The number of nitrogens with one attached hydrogen (secondary N) is 1. The predicted octanol–water partition coefficient (Wildman–Crippen LogP) is 11.4. The molecule has 3 heterocycles. The van der Waals surface area contributed by atoms with E-state index in [9.17, 15) is 0 Å². The Labute approximate surface area is 306 Å². The third kappa shape index (κ3) is 4.12. The third-order valence-electron chi connectivity index (χ3n) is 11.9. The fourth-order valence-corrected chi connectivity index (χ4v) is 9.71. The van der Waals surface area contributed by atoms with E-state index in [4.69, 9.17) is 8.83 Å². The Bertz CT molecular complexity index is 3180. The summed E-state index contributed by atoms with van der Waals surface area (Å²) in [7, 11) is 0.861. The summed E-state index contributed by atoms with van der Waals surface area (Å²) in [6, 6.07) is 52.8. The number of hydrogen-bond acceptors (Lipinski definition) is 3. The Hall–Kier alpha value is -6.52. The molecule has 248 valence electrons. The van der Waals surface area contributed by atoms with Crippen molar-refractivity contribution in [1.82, 2.24) is 0 Å². The van der Waals surface area contributed by atoms with Gasteiger partial charge in [0.05, 0.1) is 11.4 Å². The fraction of sp³-hybridized carbons (Fsp3) is 0.0612. The molecule has 1 unspecified atom stereocenters. The van der Waals surface area contributed by atoms with Crippen LogP contribution in [-0.4, -0.2) is 7.28 Å². The fourth-order valence-electron chi connectivity index (χ4n) is 9.71.